The van der Waals surface area contributed by atoms with Gasteiger partial charge in [0.05, 0.1) is 17.1 Å². The predicted molar refractivity (Wildman–Crippen MR) is 112 cm³/mol. The van der Waals surface area contributed by atoms with Crippen LogP contribution in [0.4, 0.5) is 5.69 Å². The number of hydrogen-bond acceptors (Lipinski definition) is 3. The summed E-state index contributed by atoms with van der Waals surface area (Å²) in [5.41, 5.74) is 5.56. The molecular formula is C21H26Cl2FeN2O. The Morgan fingerprint density at radius 2 is 1.37 bits per heavy atom. The minimum absolute atomic E-state index is 0.0323. The van der Waals surface area contributed by atoms with Gasteiger partial charge in [0.2, 0.25) is 0 Å². The number of pyridine rings is 1. The maximum absolute atomic E-state index is 11.6. The molecule has 0 fully saturated rings. The molecule has 0 aliphatic carbocycles. The molecule has 0 bridgehead atoms. The fourth-order valence-corrected chi connectivity index (χ4v) is 2.70. The van der Waals surface area contributed by atoms with Crippen molar-refractivity contribution in [1.82, 2.24) is 4.98 Å². The molecule has 0 atom stereocenters. The van der Waals surface area contributed by atoms with Gasteiger partial charge in [-0.1, -0.05) is 52.0 Å². The molecule has 2 aromatic rings. The number of carbonyl (C=O) groups is 1. The zero-order chi connectivity index (χ0) is 20.6. The van der Waals surface area contributed by atoms with Crippen molar-refractivity contribution >= 4 is 37.4 Å². The van der Waals surface area contributed by atoms with Crippen molar-refractivity contribution in [1.29, 1.82) is 0 Å². The van der Waals surface area contributed by atoms with Crippen molar-refractivity contribution in [3.8, 4) is 0 Å². The number of Topliss-reactive ketones (excluding diaryl/α,β-unsaturated/α-hetero) is 1. The Balaban J connectivity index is 0.00000114. The van der Waals surface area contributed by atoms with Gasteiger partial charge in [0.1, 0.15) is 5.69 Å². The average Bonchev–Trinajstić information content (AvgIpc) is 2.62. The molecule has 148 valence electrons. The van der Waals surface area contributed by atoms with Crippen LogP contribution in [0.1, 0.15) is 80.7 Å². The molecule has 0 spiro atoms. The van der Waals surface area contributed by atoms with Crippen LogP contribution in [0.3, 0.4) is 0 Å². The van der Waals surface area contributed by atoms with Crippen LogP contribution in [0.25, 0.3) is 0 Å². The van der Waals surface area contributed by atoms with Crippen molar-refractivity contribution in [2.45, 2.75) is 53.4 Å². The number of carbonyl (C=O) groups excluding carboxylic acids is 1. The third-order valence-electron chi connectivity index (χ3n) is 4.10. The van der Waals surface area contributed by atoms with Crippen LogP contribution in [0.5, 0.6) is 0 Å². The van der Waals surface area contributed by atoms with E-state index in [4.69, 9.17) is 25.2 Å². The molecule has 1 aromatic carbocycles. The molecule has 1 aromatic heterocycles. The zero-order valence-electron chi connectivity index (χ0n) is 16.5. The van der Waals surface area contributed by atoms with E-state index in [1.807, 2.05) is 19.1 Å². The van der Waals surface area contributed by atoms with Gasteiger partial charge in [-0.3, -0.25) is 9.79 Å². The van der Waals surface area contributed by atoms with E-state index in [2.05, 4.69) is 50.9 Å². The van der Waals surface area contributed by atoms with Gasteiger partial charge in [-0.25, -0.2) is 4.98 Å². The van der Waals surface area contributed by atoms with E-state index in [1.54, 1.807) is 6.07 Å². The summed E-state index contributed by atoms with van der Waals surface area (Å²) in [7, 11) is 9.53. The number of para-hydroxylation sites is 1. The van der Waals surface area contributed by atoms with Gasteiger partial charge >= 0.3 is 33.3 Å². The normalized spacial score (nSPS) is 11.6. The van der Waals surface area contributed by atoms with Gasteiger partial charge in [-0.05, 0) is 42.0 Å². The molecule has 27 heavy (non-hydrogen) atoms. The van der Waals surface area contributed by atoms with Crippen LogP contribution < -0.4 is 0 Å². The standard InChI is InChI=1S/C21H26N2O.2ClH.Fe/c1-13(2)17-9-7-10-18(14(3)4)21(17)22-15(5)19-11-8-12-20(23-19)16(6)24;;;/h7-14H,1-6H3;2*1H;/q;;;+2/p-2. The van der Waals surface area contributed by atoms with E-state index in [-0.39, 0.29) is 18.9 Å². The van der Waals surface area contributed by atoms with Gasteiger partial charge in [0.25, 0.3) is 0 Å². The summed E-state index contributed by atoms with van der Waals surface area (Å²) in [5.74, 6) is 0.758. The van der Waals surface area contributed by atoms with Gasteiger partial charge in [-0.15, -0.1) is 0 Å². The molecule has 0 unspecified atom stereocenters. The summed E-state index contributed by atoms with van der Waals surface area (Å²) in [6, 6.07) is 11.9. The Bertz CT molecular complexity index is 778. The SMILES string of the molecule is CC(=O)c1cccc(C(C)=Nc2c(C(C)C)cccc2C(C)C)n1.[Cl][Fe][Cl]. The molecule has 0 N–H and O–H groups in total. The van der Waals surface area contributed by atoms with Gasteiger partial charge in [-0.2, -0.15) is 0 Å². The minimum atomic E-state index is -0.0323. The van der Waals surface area contributed by atoms with Gasteiger partial charge in [0.15, 0.2) is 5.78 Å². The summed E-state index contributed by atoms with van der Waals surface area (Å²) in [6.45, 7) is 12.2. The number of ketones is 1. The topological polar surface area (TPSA) is 42.3 Å². The Kier molecular flexibility index (Phi) is 10.3. The molecule has 0 aliphatic heterocycles. The van der Waals surface area contributed by atoms with E-state index < -0.39 is 0 Å². The van der Waals surface area contributed by atoms with Crippen molar-refractivity contribution in [3.63, 3.8) is 0 Å². The quantitative estimate of drug-likeness (QED) is 0.279. The second-order valence-electron chi connectivity index (χ2n) is 6.81. The zero-order valence-corrected chi connectivity index (χ0v) is 19.1. The van der Waals surface area contributed by atoms with Crippen molar-refractivity contribution in [3.05, 3.63) is 58.9 Å². The van der Waals surface area contributed by atoms with Crippen LogP contribution in [-0.4, -0.2) is 16.5 Å². The molecule has 6 heteroatoms. The Morgan fingerprint density at radius 1 is 0.926 bits per heavy atom. The summed E-state index contributed by atoms with van der Waals surface area (Å²) >= 11 is 0.194. The van der Waals surface area contributed by atoms with Crippen LogP contribution in [0.15, 0.2) is 41.4 Å². The fraction of sp³-hybridized carbons (Fsp3) is 0.381. The average molecular weight is 449 g/mol. The Hall–Kier alpha value is -1.19. The van der Waals surface area contributed by atoms with Crippen LogP contribution in [0.2, 0.25) is 0 Å². The van der Waals surface area contributed by atoms with Crippen LogP contribution >= 0.6 is 20.2 Å². The number of aromatic nitrogens is 1. The fourth-order valence-electron chi connectivity index (χ4n) is 2.70. The third-order valence-corrected chi connectivity index (χ3v) is 4.10. The summed E-state index contributed by atoms with van der Waals surface area (Å²) in [5, 5.41) is 0. The molecule has 1 heterocycles. The van der Waals surface area contributed by atoms with Crippen molar-refractivity contribution < 1.29 is 17.9 Å². The molecule has 0 saturated carbocycles. The number of rotatable bonds is 5. The number of nitrogens with zero attached hydrogens (tertiary/aromatic N) is 2. The molecule has 0 aliphatic rings. The third kappa shape index (κ3) is 7.04. The van der Waals surface area contributed by atoms with E-state index >= 15 is 0 Å². The predicted octanol–water partition coefficient (Wildman–Crippen LogP) is 7.05. The van der Waals surface area contributed by atoms with Crippen LogP contribution in [-0.2, 0) is 13.1 Å². The molecule has 0 radical (unpaired) electrons. The maximum atomic E-state index is 11.6. The second-order valence-corrected chi connectivity index (χ2v) is 8.63. The van der Waals surface area contributed by atoms with Gasteiger partial charge in [0, 0.05) is 6.92 Å². The first kappa shape index (κ1) is 23.8. The molecule has 2 rings (SSSR count). The molecule has 0 saturated heterocycles. The van der Waals surface area contributed by atoms with E-state index in [0.29, 0.717) is 17.5 Å². The van der Waals surface area contributed by atoms with Gasteiger partial charge < -0.3 is 0 Å². The van der Waals surface area contributed by atoms with E-state index in [0.717, 1.165) is 17.1 Å². The van der Waals surface area contributed by atoms with E-state index in [1.165, 1.54) is 18.1 Å². The molecule has 0 amide bonds. The first-order valence-corrected chi connectivity index (χ1v) is 11.8. The molecule has 3 nitrogen and oxygen atoms in total. The van der Waals surface area contributed by atoms with Crippen molar-refractivity contribution in [2.75, 3.05) is 0 Å². The first-order valence-electron chi connectivity index (χ1n) is 8.74. The molecular weight excluding hydrogens is 423 g/mol. The Morgan fingerprint density at radius 3 is 1.81 bits per heavy atom. The van der Waals surface area contributed by atoms with Crippen molar-refractivity contribution in [2.24, 2.45) is 4.99 Å². The Labute approximate surface area is 177 Å². The second kappa shape index (κ2) is 11.6. The monoisotopic (exact) mass is 448 g/mol. The number of benzene rings is 1. The summed E-state index contributed by atoms with van der Waals surface area (Å²) < 4.78 is 0. The number of aliphatic imine (C=N–C) groups is 1. The summed E-state index contributed by atoms with van der Waals surface area (Å²) in [6.07, 6.45) is 0. The number of hydrogen-bond donors (Lipinski definition) is 0. The number of halogens is 2. The van der Waals surface area contributed by atoms with Crippen LogP contribution in [0, 0.1) is 0 Å². The summed E-state index contributed by atoms with van der Waals surface area (Å²) in [4.78, 5) is 20.9. The van der Waals surface area contributed by atoms with E-state index in [9.17, 15) is 4.79 Å². The first-order chi connectivity index (χ1) is 12.7.